The van der Waals surface area contributed by atoms with Gasteiger partial charge in [0.05, 0.1) is 6.61 Å². The maximum atomic E-state index is 7.34. The van der Waals surface area contributed by atoms with E-state index in [2.05, 4.69) is 32.0 Å². The number of thioether (sulfide) groups is 1. The summed E-state index contributed by atoms with van der Waals surface area (Å²) in [5.41, 5.74) is 8.73. The summed E-state index contributed by atoms with van der Waals surface area (Å²) in [6, 6.07) is 13.8. The molecule has 0 spiro atoms. The Labute approximate surface area is 130 Å². The number of hydrogen-bond acceptors (Lipinski definition) is 3. The van der Waals surface area contributed by atoms with Crippen LogP contribution in [0.1, 0.15) is 16.7 Å². The van der Waals surface area contributed by atoms with Gasteiger partial charge in [0.2, 0.25) is 0 Å². The topological polar surface area (TPSA) is 59.1 Å². The van der Waals surface area contributed by atoms with Crippen LogP contribution in [-0.4, -0.2) is 18.2 Å². The van der Waals surface area contributed by atoms with Crippen molar-refractivity contribution in [2.75, 3.05) is 12.4 Å². The summed E-state index contributed by atoms with van der Waals surface area (Å²) in [4.78, 5) is 1.30. The minimum absolute atomic E-state index is 0.0759. The predicted octanol–water partition coefficient (Wildman–Crippen LogP) is 3.76. The molecule has 0 fully saturated rings. The summed E-state index contributed by atoms with van der Waals surface area (Å²) in [6.07, 6.45) is 0. The number of rotatable bonds is 6. The normalized spacial score (nSPS) is 10.4. The van der Waals surface area contributed by atoms with E-state index in [-0.39, 0.29) is 5.84 Å². The van der Waals surface area contributed by atoms with Crippen LogP contribution in [0.4, 0.5) is 0 Å². The lowest BCUT2D eigenvalue weighted by Crippen LogP contribution is -2.10. The van der Waals surface area contributed by atoms with Crippen molar-refractivity contribution in [2.24, 2.45) is 5.73 Å². The number of hydrogen-bond donors (Lipinski definition) is 2. The zero-order chi connectivity index (χ0) is 15.2. The molecule has 0 aromatic heterocycles. The molecule has 0 saturated heterocycles. The molecule has 4 heteroatoms. The van der Waals surface area contributed by atoms with Gasteiger partial charge in [-0.05, 0) is 49.7 Å². The highest BCUT2D eigenvalue weighted by atomic mass is 32.2. The van der Waals surface area contributed by atoms with Crippen LogP contribution in [0.15, 0.2) is 47.4 Å². The lowest BCUT2D eigenvalue weighted by Gasteiger charge is -2.08. The van der Waals surface area contributed by atoms with E-state index >= 15 is 0 Å². The second-order valence-electron chi connectivity index (χ2n) is 4.90. The van der Waals surface area contributed by atoms with Gasteiger partial charge in [0.1, 0.15) is 11.6 Å². The molecule has 110 valence electrons. The number of aryl methyl sites for hydroxylation is 2. The third kappa shape index (κ3) is 4.53. The maximum absolute atomic E-state index is 7.34. The molecule has 2 rings (SSSR count). The molecule has 0 radical (unpaired) electrons. The van der Waals surface area contributed by atoms with Gasteiger partial charge in [-0.15, -0.1) is 11.8 Å². The van der Waals surface area contributed by atoms with Crippen LogP contribution in [0.2, 0.25) is 0 Å². The predicted molar refractivity (Wildman–Crippen MR) is 89.6 cm³/mol. The molecule has 0 amide bonds. The van der Waals surface area contributed by atoms with Gasteiger partial charge in [-0.1, -0.05) is 17.7 Å². The summed E-state index contributed by atoms with van der Waals surface area (Å²) >= 11 is 1.80. The van der Waals surface area contributed by atoms with E-state index in [0.29, 0.717) is 12.2 Å². The Balaban J connectivity index is 1.80. The van der Waals surface area contributed by atoms with Crippen LogP contribution in [0.25, 0.3) is 0 Å². The van der Waals surface area contributed by atoms with E-state index in [1.54, 1.807) is 23.9 Å². The van der Waals surface area contributed by atoms with Gasteiger partial charge in [0.15, 0.2) is 0 Å². The van der Waals surface area contributed by atoms with Gasteiger partial charge in [-0.25, -0.2) is 0 Å². The number of amidine groups is 1. The molecule has 0 unspecified atom stereocenters. The summed E-state index contributed by atoms with van der Waals surface area (Å²) in [5, 5.41) is 7.34. The molecule has 0 heterocycles. The first-order valence-electron chi connectivity index (χ1n) is 6.83. The minimum atomic E-state index is 0.0759. The average Bonchev–Trinajstić information content (AvgIpc) is 2.46. The van der Waals surface area contributed by atoms with Crippen LogP contribution >= 0.6 is 11.8 Å². The zero-order valence-electron chi connectivity index (χ0n) is 12.3. The van der Waals surface area contributed by atoms with Gasteiger partial charge >= 0.3 is 0 Å². The Hall–Kier alpha value is -1.94. The largest absolute Gasteiger partial charge is 0.493 e. The number of nitrogens with one attached hydrogen (secondary N) is 1. The van der Waals surface area contributed by atoms with E-state index in [9.17, 15) is 0 Å². The molecular weight excluding hydrogens is 280 g/mol. The summed E-state index contributed by atoms with van der Waals surface area (Å²) < 4.78 is 5.69. The Morgan fingerprint density at radius 3 is 2.48 bits per heavy atom. The first-order valence-corrected chi connectivity index (χ1v) is 7.82. The number of benzene rings is 2. The van der Waals surface area contributed by atoms with E-state index in [0.717, 1.165) is 11.5 Å². The molecular formula is C17H20N2OS. The highest BCUT2D eigenvalue weighted by molar-refractivity contribution is 7.99. The number of nitrogens with two attached hydrogens (primary N) is 1. The van der Waals surface area contributed by atoms with Crippen molar-refractivity contribution in [2.45, 2.75) is 18.7 Å². The van der Waals surface area contributed by atoms with E-state index in [1.807, 2.05) is 12.1 Å². The monoisotopic (exact) mass is 300 g/mol. The molecule has 0 saturated carbocycles. The molecule has 2 aromatic rings. The van der Waals surface area contributed by atoms with Crippen LogP contribution in [0, 0.1) is 19.3 Å². The van der Waals surface area contributed by atoms with Crippen molar-refractivity contribution in [3.05, 3.63) is 59.2 Å². The van der Waals surface area contributed by atoms with E-state index in [4.69, 9.17) is 15.9 Å². The van der Waals surface area contributed by atoms with Crippen molar-refractivity contribution >= 4 is 17.6 Å². The van der Waals surface area contributed by atoms with Gasteiger partial charge < -0.3 is 10.5 Å². The molecule has 3 N–H and O–H groups in total. The van der Waals surface area contributed by atoms with Crippen molar-refractivity contribution in [1.29, 1.82) is 5.41 Å². The van der Waals surface area contributed by atoms with Gasteiger partial charge in [0.25, 0.3) is 0 Å². The third-order valence-corrected chi connectivity index (χ3v) is 4.25. The summed E-state index contributed by atoms with van der Waals surface area (Å²) in [5.74, 6) is 1.78. The molecule has 21 heavy (non-hydrogen) atoms. The zero-order valence-corrected chi connectivity index (χ0v) is 13.2. The summed E-state index contributed by atoms with van der Waals surface area (Å²) in [6.45, 7) is 4.89. The SMILES string of the molecule is Cc1ccc(SCCOc2ccc(C(=N)N)cc2)c(C)c1. The summed E-state index contributed by atoms with van der Waals surface area (Å²) in [7, 11) is 0. The molecule has 0 aliphatic carbocycles. The smallest absolute Gasteiger partial charge is 0.122 e. The Morgan fingerprint density at radius 1 is 1.14 bits per heavy atom. The average molecular weight is 300 g/mol. The van der Waals surface area contributed by atoms with Crippen molar-refractivity contribution < 1.29 is 4.74 Å². The van der Waals surface area contributed by atoms with Crippen molar-refractivity contribution in [3.8, 4) is 5.75 Å². The van der Waals surface area contributed by atoms with Gasteiger partial charge in [0, 0.05) is 16.2 Å². The van der Waals surface area contributed by atoms with Crippen LogP contribution < -0.4 is 10.5 Å². The first kappa shape index (κ1) is 15.4. The fraction of sp³-hybridized carbons (Fsp3) is 0.235. The molecule has 3 nitrogen and oxygen atoms in total. The lowest BCUT2D eigenvalue weighted by molar-refractivity contribution is 0.344. The van der Waals surface area contributed by atoms with Crippen LogP contribution in [0.5, 0.6) is 5.75 Å². The standard InChI is InChI=1S/C17H20N2OS/c1-12-3-8-16(13(2)11-12)21-10-9-20-15-6-4-14(5-7-15)17(18)19/h3-8,11H,9-10H2,1-2H3,(H3,18,19). The minimum Gasteiger partial charge on any atom is -0.493 e. The molecule has 0 aliphatic rings. The van der Waals surface area contributed by atoms with E-state index < -0.39 is 0 Å². The highest BCUT2D eigenvalue weighted by Crippen LogP contribution is 2.23. The molecule has 0 aliphatic heterocycles. The number of ether oxygens (including phenoxy) is 1. The Bertz CT molecular complexity index is 623. The highest BCUT2D eigenvalue weighted by Gasteiger charge is 2.01. The molecule has 0 bridgehead atoms. The van der Waals surface area contributed by atoms with E-state index in [1.165, 1.54) is 16.0 Å². The van der Waals surface area contributed by atoms with Crippen LogP contribution in [0.3, 0.4) is 0 Å². The van der Waals surface area contributed by atoms with Crippen molar-refractivity contribution in [1.82, 2.24) is 0 Å². The maximum Gasteiger partial charge on any atom is 0.122 e. The van der Waals surface area contributed by atoms with Gasteiger partial charge in [-0.2, -0.15) is 0 Å². The molecule has 2 aromatic carbocycles. The Morgan fingerprint density at radius 2 is 1.86 bits per heavy atom. The van der Waals surface area contributed by atoms with Gasteiger partial charge in [-0.3, -0.25) is 5.41 Å². The van der Waals surface area contributed by atoms with Crippen LogP contribution in [-0.2, 0) is 0 Å². The third-order valence-electron chi connectivity index (χ3n) is 3.11. The fourth-order valence-corrected chi connectivity index (χ4v) is 2.84. The lowest BCUT2D eigenvalue weighted by atomic mass is 10.2. The molecule has 0 atom stereocenters. The van der Waals surface area contributed by atoms with Crippen molar-refractivity contribution in [3.63, 3.8) is 0 Å². The first-order chi connectivity index (χ1) is 10.1. The quantitative estimate of drug-likeness (QED) is 0.369. The Kier molecular flexibility index (Phi) is 5.28. The fourth-order valence-electron chi connectivity index (χ4n) is 2.00. The second kappa shape index (κ2) is 7.18. The number of nitrogen functional groups attached to an aromatic ring is 1. The second-order valence-corrected chi connectivity index (χ2v) is 6.04.